The first-order valence-electron chi connectivity index (χ1n) is 10.5. The van der Waals surface area contributed by atoms with Gasteiger partial charge in [0.25, 0.3) is 5.91 Å². The van der Waals surface area contributed by atoms with Crippen LogP contribution in [0.2, 0.25) is 0 Å². The van der Waals surface area contributed by atoms with Crippen molar-refractivity contribution in [2.24, 2.45) is 0 Å². The minimum absolute atomic E-state index is 0.0582. The van der Waals surface area contributed by atoms with Crippen LogP contribution in [0.3, 0.4) is 0 Å². The second-order valence-electron chi connectivity index (χ2n) is 7.93. The van der Waals surface area contributed by atoms with Crippen LogP contribution in [0.1, 0.15) is 34.9 Å². The van der Waals surface area contributed by atoms with Gasteiger partial charge in [-0.05, 0) is 37.5 Å². The lowest BCUT2D eigenvalue weighted by Gasteiger charge is -2.32. The van der Waals surface area contributed by atoms with Crippen LogP contribution in [-0.2, 0) is 4.79 Å². The molecule has 5 rings (SSSR count). The number of piperidine rings is 1. The number of oxazole rings is 1. The van der Waals surface area contributed by atoms with E-state index in [1.165, 1.54) is 12.4 Å². The SMILES string of the molecule is C=CC(=O)N1CCCC(n2nc(C(=O)Nc3nc4c(C)cccc4o3)c3c(N)ncnc32)C1. The Morgan fingerprint density at radius 3 is 2.97 bits per heavy atom. The number of nitrogen functional groups attached to an aromatic ring is 1. The molecule has 4 heterocycles. The van der Waals surface area contributed by atoms with E-state index in [0.29, 0.717) is 35.2 Å². The summed E-state index contributed by atoms with van der Waals surface area (Å²) >= 11 is 0. The Morgan fingerprint density at radius 1 is 1.33 bits per heavy atom. The number of benzene rings is 1. The summed E-state index contributed by atoms with van der Waals surface area (Å²) in [6.45, 7) is 6.54. The summed E-state index contributed by atoms with van der Waals surface area (Å²) in [5.74, 6) is -0.548. The molecule has 2 amide bonds. The van der Waals surface area contributed by atoms with Crippen molar-refractivity contribution >= 4 is 45.8 Å². The smallest absolute Gasteiger partial charge is 0.302 e. The molecular weight excluding hydrogens is 424 g/mol. The summed E-state index contributed by atoms with van der Waals surface area (Å²) < 4.78 is 7.32. The van der Waals surface area contributed by atoms with Crippen LogP contribution in [-0.4, -0.2) is 54.5 Å². The molecule has 0 radical (unpaired) electrons. The zero-order valence-corrected chi connectivity index (χ0v) is 18.0. The number of para-hydroxylation sites is 1. The highest BCUT2D eigenvalue weighted by molar-refractivity contribution is 6.12. The van der Waals surface area contributed by atoms with E-state index in [1.54, 1.807) is 15.6 Å². The summed E-state index contributed by atoms with van der Waals surface area (Å²) in [4.78, 5) is 39.7. The van der Waals surface area contributed by atoms with Crippen LogP contribution in [0, 0.1) is 6.92 Å². The van der Waals surface area contributed by atoms with E-state index >= 15 is 0 Å². The van der Waals surface area contributed by atoms with E-state index in [1.807, 2.05) is 19.1 Å². The number of carbonyl (C=O) groups excluding carboxylic acids is 2. The Bertz CT molecular complexity index is 1410. The van der Waals surface area contributed by atoms with E-state index in [-0.39, 0.29) is 29.5 Å². The van der Waals surface area contributed by atoms with Gasteiger partial charge in [-0.3, -0.25) is 14.9 Å². The number of aromatic nitrogens is 5. The number of nitrogens with two attached hydrogens (primary N) is 1. The van der Waals surface area contributed by atoms with Gasteiger partial charge in [0, 0.05) is 13.1 Å². The molecular formula is C22H22N8O3. The number of hydrogen-bond donors (Lipinski definition) is 2. The van der Waals surface area contributed by atoms with Crippen molar-refractivity contribution in [2.75, 3.05) is 24.1 Å². The molecule has 1 fully saturated rings. The third kappa shape index (κ3) is 3.56. The molecule has 11 nitrogen and oxygen atoms in total. The predicted molar refractivity (Wildman–Crippen MR) is 121 cm³/mol. The van der Waals surface area contributed by atoms with Gasteiger partial charge in [-0.1, -0.05) is 18.7 Å². The number of fused-ring (bicyclic) bond motifs is 2. The lowest BCUT2D eigenvalue weighted by Crippen LogP contribution is -2.40. The first kappa shape index (κ1) is 20.6. The molecule has 1 aliphatic heterocycles. The van der Waals surface area contributed by atoms with Crippen LogP contribution in [0.4, 0.5) is 11.8 Å². The maximum absolute atomic E-state index is 13.2. The van der Waals surface area contributed by atoms with Gasteiger partial charge in [-0.25, -0.2) is 14.6 Å². The Kier molecular flexibility index (Phi) is 5.00. The molecule has 11 heteroatoms. The third-order valence-electron chi connectivity index (χ3n) is 5.80. The Labute approximate surface area is 188 Å². The van der Waals surface area contributed by atoms with Crippen molar-refractivity contribution in [1.29, 1.82) is 0 Å². The average molecular weight is 446 g/mol. The van der Waals surface area contributed by atoms with Crippen molar-refractivity contribution < 1.29 is 14.0 Å². The van der Waals surface area contributed by atoms with E-state index in [4.69, 9.17) is 10.2 Å². The number of likely N-dealkylation sites (tertiary alicyclic amines) is 1. The molecule has 3 N–H and O–H groups in total. The van der Waals surface area contributed by atoms with Gasteiger partial charge in [0.05, 0.1) is 11.4 Å². The molecule has 0 bridgehead atoms. The standard InChI is InChI=1S/C22H22N8O3/c1-3-15(31)29-9-5-7-13(10-29)30-20-16(19(23)24-11-25-20)18(28-30)21(32)27-22-26-17-12(2)6-4-8-14(17)33-22/h3-4,6,8,11,13H,1,5,7,9-10H2,2H3,(H2,23,24,25)(H,26,27,32). The highest BCUT2D eigenvalue weighted by Crippen LogP contribution is 2.29. The average Bonchev–Trinajstić information content (AvgIpc) is 3.42. The van der Waals surface area contributed by atoms with Crippen LogP contribution >= 0.6 is 0 Å². The summed E-state index contributed by atoms with van der Waals surface area (Å²) in [7, 11) is 0. The molecule has 3 aromatic heterocycles. The normalized spacial score (nSPS) is 16.3. The lowest BCUT2D eigenvalue weighted by atomic mass is 10.1. The van der Waals surface area contributed by atoms with Gasteiger partial charge >= 0.3 is 6.01 Å². The predicted octanol–water partition coefficient (Wildman–Crippen LogP) is 2.46. The van der Waals surface area contributed by atoms with Gasteiger partial charge in [0.15, 0.2) is 16.9 Å². The minimum Gasteiger partial charge on any atom is -0.423 e. The quantitative estimate of drug-likeness (QED) is 0.455. The maximum Gasteiger partial charge on any atom is 0.302 e. The fraction of sp³-hybridized carbons (Fsp3) is 0.273. The van der Waals surface area contributed by atoms with Gasteiger partial charge < -0.3 is 15.1 Å². The topological polar surface area (TPSA) is 145 Å². The molecule has 33 heavy (non-hydrogen) atoms. The summed E-state index contributed by atoms with van der Waals surface area (Å²) in [6, 6.07) is 5.43. The minimum atomic E-state index is -0.542. The molecule has 1 saturated heterocycles. The molecule has 1 aliphatic rings. The molecule has 1 aromatic carbocycles. The number of nitrogens with one attached hydrogen (secondary N) is 1. The second kappa shape index (κ2) is 8.01. The van der Waals surface area contributed by atoms with Crippen molar-refractivity contribution in [2.45, 2.75) is 25.8 Å². The van der Waals surface area contributed by atoms with E-state index in [0.717, 1.165) is 18.4 Å². The van der Waals surface area contributed by atoms with Gasteiger partial charge in [-0.15, -0.1) is 0 Å². The van der Waals surface area contributed by atoms with Crippen molar-refractivity contribution in [3.63, 3.8) is 0 Å². The Balaban J connectivity index is 1.51. The maximum atomic E-state index is 13.2. The lowest BCUT2D eigenvalue weighted by molar-refractivity contribution is -0.127. The van der Waals surface area contributed by atoms with Crippen LogP contribution in [0.15, 0.2) is 41.6 Å². The number of aryl methyl sites for hydroxylation is 1. The Morgan fingerprint density at radius 2 is 2.18 bits per heavy atom. The summed E-state index contributed by atoms with van der Waals surface area (Å²) in [5.41, 5.74) is 8.77. The van der Waals surface area contributed by atoms with Crippen LogP contribution in [0.5, 0.6) is 0 Å². The summed E-state index contributed by atoms with van der Waals surface area (Å²) in [5, 5.41) is 7.56. The first-order valence-corrected chi connectivity index (χ1v) is 10.5. The highest BCUT2D eigenvalue weighted by Gasteiger charge is 2.29. The molecule has 168 valence electrons. The number of hydrogen-bond acceptors (Lipinski definition) is 8. The van der Waals surface area contributed by atoms with Crippen LogP contribution in [0.25, 0.3) is 22.1 Å². The second-order valence-corrected chi connectivity index (χ2v) is 7.93. The summed E-state index contributed by atoms with van der Waals surface area (Å²) in [6.07, 6.45) is 4.18. The third-order valence-corrected chi connectivity index (χ3v) is 5.80. The number of anilines is 2. The molecule has 1 unspecified atom stereocenters. The molecule has 4 aromatic rings. The van der Waals surface area contributed by atoms with E-state index < -0.39 is 5.91 Å². The number of nitrogens with zero attached hydrogens (tertiary/aromatic N) is 6. The molecule has 1 atom stereocenters. The highest BCUT2D eigenvalue weighted by atomic mass is 16.4. The number of amides is 2. The number of carbonyl (C=O) groups is 2. The van der Waals surface area contributed by atoms with E-state index in [2.05, 4.69) is 31.9 Å². The van der Waals surface area contributed by atoms with Crippen molar-refractivity contribution in [1.82, 2.24) is 29.6 Å². The van der Waals surface area contributed by atoms with Crippen molar-refractivity contribution in [3.05, 3.63) is 48.4 Å². The van der Waals surface area contributed by atoms with Gasteiger partial charge in [0.1, 0.15) is 17.7 Å². The van der Waals surface area contributed by atoms with Crippen LogP contribution < -0.4 is 11.1 Å². The monoisotopic (exact) mass is 446 g/mol. The molecule has 0 spiro atoms. The van der Waals surface area contributed by atoms with Gasteiger partial charge in [0.2, 0.25) is 5.91 Å². The zero-order valence-electron chi connectivity index (χ0n) is 18.0. The molecule has 0 saturated carbocycles. The fourth-order valence-corrected chi connectivity index (χ4v) is 4.19. The molecule has 0 aliphatic carbocycles. The first-order chi connectivity index (χ1) is 16.0. The largest absolute Gasteiger partial charge is 0.423 e. The van der Waals surface area contributed by atoms with Gasteiger partial charge in [-0.2, -0.15) is 10.1 Å². The Hall–Kier alpha value is -4.28. The van der Waals surface area contributed by atoms with Crippen molar-refractivity contribution in [3.8, 4) is 0 Å². The zero-order chi connectivity index (χ0) is 23.1. The number of rotatable bonds is 4. The fourth-order valence-electron chi connectivity index (χ4n) is 4.19. The van der Waals surface area contributed by atoms with E-state index in [9.17, 15) is 9.59 Å².